The van der Waals surface area contributed by atoms with Gasteiger partial charge >= 0.3 is 0 Å². The zero-order valence-electron chi connectivity index (χ0n) is 14.6. The average Bonchev–Trinajstić information content (AvgIpc) is 2.97. The minimum atomic E-state index is -0.566. The molecule has 2 heterocycles. The van der Waals surface area contributed by atoms with Crippen LogP contribution in [-0.4, -0.2) is 48.9 Å². The molecule has 2 aliphatic heterocycles. The highest BCUT2D eigenvalue weighted by Gasteiger charge is 2.44. The Kier molecular flexibility index (Phi) is 4.85. The number of nitrogens with zero attached hydrogens (tertiary/aromatic N) is 3. The van der Waals surface area contributed by atoms with Crippen molar-refractivity contribution in [2.45, 2.75) is 12.5 Å². The smallest absolute Gasteiger partial charge is 0.251 e. The highest BCUT2D eigenvalue weighted by Crippen LogP contribution is 2.30. The van der Waals surface area contributed by atoms with E-state index in [1.807, 2.05) is 29.2 Å². The minimum Gasteiger partial charge on any atom is -0.368 e. The van der Waals surface area contributed by atoms with Crippen molar-refractivity contribution in [1.29, 1.82) is 0 Å². The largest absolute Gasteiger partial charge is 0.368 e. The summed E-state index contributed by atoms with van der Waals surface area (Å²) in [6.45, 7) is 2.70. The normalized spacial score (nSPS) is 21.2. The Morgan fingerprint density at radius 1 is 0.889 bits per heavy atom. The molecule has 0 radical (unpaired) electrons. The molecule has 0 N–H and O–H groups in total. The predicted molar refractivity (Wildman–Crippen MR) is 103 cm³/mol. The lowest BCUT2D eigenvalue weighted by Gasteiger charge is -2.38. The Bertz CT molecular complexity index is 883. The molecule has 140 valence electrons. The van der Waals surface area contributed by atoms with E-state index in [0.717, 1.165) is 10.6 Å². The van der Waals surface area contributed by atoms with E-state index in [1.54, 1.807) is 6.07 Å². The van der Waals surface area contributed by atoms with Crippen LogP contribution < -0.4 is 9.80 Å². The van der Waals surface area contributed by atoms with Gasteiger partial charge in [-0.2, -0.15) is 0 Å². The number of piperazine rings is 1. The number of amides is 2. The van der Waals surface area contributed by atoms with Gasteiger partial charge in [-0.15, -0.1) is 0 Å². The summed E-state index contributed by atoms with van der Waals surface area (Å²) >= 11 is 6.27. The lowest BCUT2D eigenvalue weighted by molar-refractivity contribution is -0.123. The van der Waals surface area contributed by atoms with Crippen LogP contribution in [0.25, 0.3) is 0 Å². The molecule has 27 heavy (non-hydrogen) atoms. The SMILES string of the molecule is O=C1C[C@@H](N2CCN(c3ccccc3Cl)CC2)C(=O)N1c1ccccc1F. The molecule has 0 saturated carbocycles. The molecule has 2 amide bonds. The second kappa shape index (κ2) is 7.29. The number of hydrogen-bond acceptors (Lipinski definition) is 4. The first-order chi connectivity index (χ1) is 13.1. The van der Waals surface area contributed by atoms with Gasteiger partial charge in [0.1, 0.15) is 5.82 Å². The second-order valence-electron chi connectivity index (χ2n) is 6.71. The summed E-state index contributed by atoms with van der Waals surface area (Å²) in [6.07, 6.45) is 0.0826. The molecule has 5 nitrogen and oxygen atoms in total. The summed E-state index contributed by atoms with van der Waals surface area (Å²) in [6, 6.07) is 13.0. The fraction of sp³-hybridized carbons (Fsp3) is 0.300. The Balaban J connectivity index is 1.46. The van der Waals surface area contributed by atoms with E-state index in [-0.39, 0.29) is 23.9 Å². The quantitative estimate of drug-likeness (QED) is 0.759. The first-order valence-corrected chi connectivity index (χ1v) is 9.29. The molecule has 0 bridgehead atoms. The Morgan fingerprint density at radius 3 is 2.19 bits per heavy atom. The van der Waals surface area contributed by atoms with E-state index in [1.165, 1.54) is 18.2 Å². The third kappa shape index (κ3) is 3.31. The summed E-state index contributed by atoms with van der Waals surface area (Å²) in [5.74, 6) is -1.27. The zero-order valence-corrected chi connectivity index (χ0v) is 15.4. The number of benzene rings is 2. The van der Waals surface area contributed by atoms with Crippen LogP contribution in [0.1, 0.15) is 6.42 Å². The summed E-state index contributed by atoms with van der Waals surface area (Å²) in [5.41, 5.74) is 1.00. The molecule has 2 aromatic rings. The van der Waals surface area contributed by atoms with Crippen LogP contribution in [0.4, 0.5) is 15.8 Å². The van der Waals surface area contributed by atoms with E-state index in [0.29, 0.717) is 31.2 Å². The van der Waals surface area contributed by atoms with Crippen molar-refractivity contribution < 1.29 is 14.0 Å². The van der Waals surface area contributed by atoms with Gasteiger partial charge in [-0.25, -0.2) is 9.29 Å². The molecule has 7 heteroatoms. The summed E-state index contributed by atoms with van der Waals surface area (Å²) in [5, 5.41) is 0.698. The number of hydrogen-bond donors (Lipinski definition) is 0. The van der Waals surface area contributed by atoms with Crippen LogP contribution in [0.3, 0.4) is 0 Å². The number of carbonyl (C=O) groups excluding carboxylic acids is 2. The monoisotopic (exact) mass is 387 g/mol. The molecule has 2 fully saturated rings. The standard InChI is InChI=1S/C20H19ClFN3O2/c21-14-5-1-3-7-16(14)23-9-11-24(12-10-23)18-13-19(26)25(20(18)27)17-8-4-2-6-15(17)22/h1-8,18H,9-13H2/t18-/m1/s1. The van der Waals surface area contributed by atoms with Crippen molar-refractivity contribution in [2.75, 3.05) is 36.0 Å². The van der Waals surface area contributed by atoms with E-state index in [9.17, 15) is 14.0 Å². The summed E-state index contributed by atoms with van der Waals surface area (Å²) in [7, 11) is 0. The summed E-state index contributed by atoms with van der Waals surface area (Å²) < 4.78 is 14.1. The molecule has 0 aliphatic carbocycles. The molecule has 2 saturated heterocycles. The Hall–Kier alpha value is -2.44. The van der Waals surface area contributed by atoms with Gasteiger partial charge in [0.25, 0.3) is 5.91 Å². The number of rotatable bonds is 3. The molecular formula is C20H19ClFN3O2. The molecule has 4 rings (SSSR count). The predicted octanol–water partition coefficient (Wildman–Crippen LogP) is 2.93. The van der Waals surface area contributed by atoms with Crippen molar-refractivity contribution in [2.24, 2.45) is 0 Å². The second-order valence-corrected chi connectivity index (χ2v) is 7.12. The van der Waals surface area contributed by atoms with Crippen molar-refractivity contribution in [3.63, 3.8) is 0 Å². The van der Waals surface area contributed by atoms with Crippen LogP contribution in [0.5, 0.6) is 0 Å². The number of halogens is 2. The van der Waals surface area contributed by atoms with E-state index in [4.69, 9.17) is 11.6 Å². The zero-order chi connectivity index (χ0) is 19.0. The Morgan fingerprint density at radius 2 is 1.52 bits per heavy atom. The van der Waals surface area contributed by atoms with Gasteiger partial charge in [0.2, 0.25) is 5.91 Å². The number of imide groups is 1. The third-order valence-corrected chi connectivity index (χ3v) is 5.48. The maximum absolute atomic E-state index is 14.1. The molecule has 1 atom stereocenters. The lowest BCUT2D eigenvalue weighted by Crippen LogP contribution is -2.52. The molecule has 2 aromatic carbocycles. The first-order valence-electron chi connectivity index (χ1n) is 8.91. The number of anilines is 2. The van der Waals surface area contributed by atoms with Crippen LogP contribution >= 0.6 is 11.6 Å². The van der Waals surface area contributed by atoms with Crippen molar-refractivity contribution in [3.05, 3.63) is 59.4 Å². The van der Waals surface area contributed by atoms with Gasteiger partial charge in [0.05, 0.1) is 28.9 Å². The van der Waals surface area contributed by atoms with Crippen LogP contribution in [0, 0.1) is 5.82 Å². The molecule has 0 spiro atoms. The van der Waals surface area contributed by atoms with Crippen molar-refractivity contribution >= 4 is 34.8 Å². The minimum absolute atomic E-state index is 0.0321. The van der Waals surface area contributed by atoms with Crippen molar-refractivity contribution in [3.8, 4) is 0 Å². The third-order valence-electron chi connectivity index (χ3n) is 5.16. The molecule has 0 aromatic heterocycles. The first kappa shape index (κ1) is 17.9. The average molecular weight is 388 g/mol. The Labute approximate surface area is 161 Å². The van der Waals surface area contributed by atoms with Crippen LogP contribution in [0.15, 0.2) is 48.5 Å². The molecule has 0 unspecified atom stereocenters. The van der Waals surface area contributed by atoms with Gasteiger partial charge in [0, 0.05) is 26.2 Å². The highest BCUT2D eigenvalue weighted by atomic mass is 35.5. The lowest BCUT2D eigenvalue weighted by atomic mass is 10.1. The molecule has 2 aliphatic rings. The fourth-order valence-electron chi connectivity index (χ4n) is 3.77. The van der Waals surface area contributed by atoms with E-state index < -0.39 is 11.9 Å². The topological polar surface area (TPSA) is 43.9 Å². The fourth-order valence-corrected chi connectivity index (χ4v) is 4.03. The van der Waals surface area contributed by atoms with Crippen LogP contribution in [0.2, 0.25) is 5.02 Å². The summed E-state index contributed by atoms with van der Waals surface area (Å²) in [4.78, 5) is 30.4. The highest BCUT2D eigenvalue weighted by molar-refractivity contribution is 6.33. The molecular weight excluding hydrogens is 369 g/mol. The number of para-hydroxylation sites is 2. The van der Waals surface area contributed by atoms with Crippen molar-refractivity contribution in [1.82, 2.24) is 4.90 Å². The van der Waals surface area contributed by atoms with Gasteiger partial charge in [-0.05, 0) is 24.3 Å². The van der Waals surface area contributed by atoms with E-state index in [2.05, 4.69) is 4.90 Å². The van der Waals surface area contributed by atoms with Gasteiger partial charge in [0.15, 0.2) is 0 Å². The van der Waals surface area contributed by atoms with E-state index >= 15 is 0 Å². The maximum Gasteiger partial charge on any atom is 0.251 e. The number of carbonyl (C=O) groups is 2. The van der Waals surface area contributed by atoms with Gasteiger partial charge in [-0.1, -0.05) is 35.9 Å². The maximum atomic E-state index is 14.1. The van der Waals surface area contributed by atoms with Gasteiger partial charge < -0.3 is 4.90 Å². The van der Waals surface area contributed by atoms with Gasteiger partial charge in [-0.3, -0.25) is 14.5 Å². The van der Waals surface area contributed by atoms with Crippen LogP contribution in [-0.2, 0) is 9.59 Å².